The van der Waals surface area contributed by atoms with Crippen LogP contribution in [0.3, 0.4) is 0 Å². The quantitative estimate of drug-likeness (QED) is 0.390. The van der Waals surface area contributed by atoms with Crippen LogP contribution in [-0.4, -0.2) is 51.3 Å². The molecule has 0 aliphatic rings. The Morgan fingerprint density at radius 1 is 1.03 bits per heavy atom. The van der Waals surface area contributed by atoms with E-state index < -0.39 is 0 Å². The van der Waals surface area contributed by atoms with Crippen LogP contribution in [0.1, 0.15) is 19.4 Å². The third-order valence-electron chi connectivity index (χ3n) is 4.24. The first kappa shape index (κ1) is 23.1. The summed E-state index contributed by atoms with van der Waals surface area (Å²) in [6.07, 6.45) is 0.703. The van der Waals surface area contributed by atoms with Crippen LogP contribution in [0.4, 0.5) is 0 Å². The zero-order chi connectivity index (χ0) is 21.6. The number of nitrogens with zero attached hydrogens (tertiary/aromatic N) is 1. The summed E-state index contributed by atoms with van der Waals surface area (Å²) in [5.74, 6) is 1.96. The van der Waals surface area contributed by atoms with Gasteiger partial charge in [-0.2, -0.15) is 0 Å². The van der Waals surface area contributed by atoms with Gasteiger partial charge >= 0.3 is 0 Å². The number of aliphatic imine (C=N–C) groups is 1. The van der Waals surface area contributed by atoms with Gasteiger partial charge in [0.1, 0.15) is 24.1 Å². The van der Waals surface area contributed by atoms with Crippen molar-refractivity contribution in [2.24, 2.45) is 4.99 Å². The maximum Gasteiger partial charge on any atom is 0.241 e. The number of benzene rings is 2. The Balaban J connectivity index is 1.75. The Labute approximate surface area is 178 Å². The average molecular weight is 413 g/mol. The van der Waals surface area contributed by atoms with E-state index in [4.69, 9.17) is 9.47 Å². The van der Waals surface area contributed by atoms with Gasteiger partial charge in [-0.15, -0.1) is 0 Å². The number of ether oxygens (including phenoxy) is 2. The minimum atomic E-state index is -0.108. The number of methoxy groups -OCH3 is 1. The fourth-order valence-electron chi connectivity index (χ4n) is 2.73. The van der Waals surface area contributed by atoms with Gasteiger partial charge in [0.15, 0.2) is 5.96 Å². The average Bonchev–Trinajstić information content (AvgIpc) is 2.76. The lowest BCUT2D eigenvalue weighted by molar-refractivity contribution is -0.119. The summed E-state index contributed by atoms with van der Waals surface area (Å²) in [7, 11) is 1.63. The Kier molecular flexibility index (Phi) is 10.1. The van der Waals surface area contributed by atoms with Crippen LogP contribution in [0.2, 0.25) is 0 Å². The Bertz CT molecular complexity index is 796. The summed E-state index contributed by atoms with van der Waals surface area (Å²) < 4.78 is 11.1. The van der Waals surface area contributed by atoms with Gasteiger partial charge in [-0.1, -0.05) is 36.4 Å². The number of carbonyl (C=O) groups excluding carboxylic acids is 1. The largest absolute Gasteiger partial charge is 0.497 e. The Morgan fingerprint density at radius 2 is 1.80 bits per heavy atom. The second-order valence-electron chi connectivity index (χ2n) is 6.77. The first-order valence-corrected chi connectivity index (χ1v) is 10.2. The highest BCUT2D eigenvalue weighted by atomic mass is 16.5. The third kappa shape index (κ3) is 8.86. The summed E-state index contributed by atoms with van der Waals surface area (Å²) in [6.45, 7) is 5.84. The van der Waals surface area contributed by atoms with Crippen molar-refractivity contribution in [3.05, 3.63) is 60.2 Å². The second-order valence-corrected chi connectivity index (χ2v) is 6.77. The van der Waals surface area contributed by atoms with E-state index in [1.165, 1.54) is 5.56 Å². The molecule has 7 nitrogen and oxygen atoms in total. The van der Waals surface area contributed by atoms with Crippen molar-refractivity contribution in [3.8, 4) is 11.5 Å². The molecule has 0 fully saturated rings. The molecule has 0 saturated heterocycles. The first-order valence-electron chi connectivity index (χ1n) is 10.2. The molecule has 2 aromatic rings. The number of hydrogen-bond acceptors (Lipinski definition) is 4. The minimum Gasteiger partial charge on any atom is -0.497 e. The smallest absolute Gasteiger partial charge is 0.241 e. The van der Waals surface area contributed by atoms with Crippen molar-refractivity contribution in [2.45, 2.75) is 26.4 Å². The molecule has 0 bridgehead atoms. The van der Waals surface area contributed by atoms with E-state index >= 15 is 0 Å². The van der Waals surface area contributed by atoms with Gasteiger partial charge in [0, 0.05) is 19.2 Å². The molecule has 0 aromatic heterocycles. The molecule has 0 radical (unpaired) electrons. The number of rotatable bonds is 11. The lowest BCUT2D eigenvalue weighted by Crippen LogP contribution is -2.42. The summed E-state index contributed by atoms with van der Waals surface area (Å²) in [5, 5.41) is 9.25. The molecule has 0 spiro atoms. The van der Waals surface area contributed by atoms with Crippen LogP contribution in [0.5, 0.6) is 11.5 Å². The van der Waals surface area contributed by atoms with Gasteiger partial charge in [-0.05, 0) is 38.0 Å². The van der Waals surface area contributed by atoms with Crippen molar-refractivity contribution in [2.75, 3.05) is 33.3 Å². The van der Waals surface area contributed by atoms with Crippen molar-refractivity contribution in [1.29, 1.82) is 0 Å². The molecular weight excluding hydrogens is 380 g/mol. The molecule has 1 amide bonds. The molecule has 2 rings (SSSR count). The zero-order valence-electron chi connectivity index (χ0n) is 18.0. The number of nitrogens with one attached hydrogen (secondary N) is 3. The van der Waals surface area contributed by atoms with E-state index in [-0.39, 0.29) is 18.6 Å². The van der Waals surface area contributed by atoms with E-state index in [9.17, 15) is 4.79 Å². The third-order valence-corrected chi connectivity index (χ3v) is 4.24. The fraction of sp³-hybridized carbons (Fsp3) is 0.391. The molecule has 0 aliphatic carbocycles. The second kappa shape index (κ2) is 13.1. The van der Waals surface area contributed by atoms with E-state index in [0.29, 0.717) is 25.6 Å². The SMILES string of the molecule is CCNC(=NCC(=O)NCCc1ccccc1)NCC(C)Oc1cccc(OC)c1. The maximum atomic E-state index is 12.1. The monoisotopic (exact) mass is 412 g/mol. The first-order chi connectivity index (χ1) is 14.6. The molecule has 0 saturated carbocycles. The Morgan fingerprint density at radius 3 is 2.53 bits per heavy atom. The van der Waals surface area contributed by atoms with E-state index in [1.807, 2.05) is 68.4 Å². The number of carbonyl (C=O) groups is 1. The predicted molar refractivity (Wildman–Crippen MR) is 120 cm³/mol. The van der Waals surface area contributed by atoms with Crippen molar-refractivity contribution in [1.82, 2.24) is 16.0 Å². The number of guanidine groups is 1. The molecule has 2 aromatic carbocycles. The van der Waals surface area contributed by atoms with Crippen molar-refractivity contribution >= 4 is 11.9 Å². The fourth-order valence-corrected chi connectivity index (χ4v) is 2.73. The standard InChI is InChI=1S/C23H32N4O3/c1-4-24-23(26-16-18(2)30-21-12-8-11-20(15-21)29-3)27-17-22(28)25-14-13-19-9-6-5-7-10-19/h5-12,15,18H,4,13-14,16-17H2,1-3H3,(H,25,28)(H2,24,26,27). The highest BCUT2D eigenvalue weighted by Gasteiger charge is 2.07. The molecule has 30 heavy (non-hydrogen) atoms. The van der Waals surface area contributed by atoms with Gasteiger partial charge in [0.05, 0.1) is 13.7 Å². The molecule has 3 N–H and O–H groups in total. The van der Waals surface area contributed by atoms with Crippen LogP contribution in [0, 0.1) is 0 Å². The molecule has 0 aliphatic heterocycles. The summed E-state index contributed by atoms with van der Waals surface area (Å²) in [5.41, 5.74) is 1.20. The van der Waals surface area contributed by atoms with Gasteiger partial charge in [0.25, 0.3) is 0 Å². The van der Waals surface area contributed by atoms with E-state index in [2.05, 4.69) is 20.9 Å². The molecule has 0 heterocycles. The van der Waals surface area contributed by atoms with Gasteiger partial charge in [-0.25, -0.2) is 4.99 Å². The molecule has 162 valence electrons. The van der Waals surface area contributed by atoms with Crippen LogP contribution in [0.25, 0.3) is 0 Å². The van der Waals surface area contributed by atoms with E-state index in [1.54, 1.807) is 7.11 Å². The van der Waals surface area contributed by atoms with Gasteiger partial charge in [0.2, 0.25) is 5.91 Å². The topological polar surface area (TPSA) is 84.0 Å². The summed E-state index contributed by atoms with van der Waals surface area (Å²) in [6, 6.07) is 17.6. The minimum absolute atomic E-state index is 0.0647. The van der Waals surface area contributed by atoms with Crippen LogP contribution >= 0.6 is 0 Å². The Hall–Kier alpha value is -3.22. The zero-order valence-corrected chi connectivity index (χ0v) is 18.0. The lowest BCUT2D eigenvalue weighted by atomic mass is 10.1. The van der Waals surface area contributed by atoms with E-state index in [0.717, 1.165) is 17.9 Å². The number of hydrogen-bond donors (Lipinski definition) is 3. The van der Waals surface area contributed by atoms with Crippen molar-refractivity contribution < 1.29 is 14.3 Å². The van der Waals surface area contributed by atoms with Crippen LogP contribution in [0.15, 0.2) is 59.6 Å². The molecule has 7 heteroatoms. The molecular formula is C23H32N4O3. The number of amides is 1. The molecule has 1 atom stereocenters. The van der Waals surface area contributed by atoms with Gasteiger partial charge < -0.3 is 25.4 Å². The maximum absolute atomic E-state index is 12.1. The van der Waals surface area contributed by atoms with Crippen LogP contribution in [-0.2, 0) is 11.2 Å². The normalized spacial score (nSPS) is 12.0. The lowest BCUT2D eigenvalue weighted by Gasteiger charge is -2.18. The molecule has 1 unspecified atom stereocenters. The van der Waals surface area contributed by atoms with Gasteiger partial charge in [-0.3, -0.25) is 4.79 Å². The summed E-state index contributed by atoms with van der Waals surface area (Å²) >= 11 is 0. The highest BCUT2D eigenvalue weighted by Crippen LogP contribution is 2.19. The van der Waals surface area contributed by atoms with Crippen LogP contribution < -0.4 is 25.4 Å². The highest BCUT2D eigenvalue weighted by molar-refractivity contribution is 5.84. The van der Waals surface area contributed by atoms with Crippen molar-refractivity contribution in [3.63, 3.8) is 0 Å². The predicted octanol–water partition coefficient (Wildman–Crippen LogP) is 2.38. The summed E-state index contributed by atoms with van der Waals surface area (Å²) in [4.78, 5) is 16.4.